The van der Waals surface area contributed by atoms with E-state index in [1.54, 1.807) is 0 Å². The highest BCUT2D eigenvalue weighted by Gasteiger charge is 2.10. The van der Waals surface area contributed by atoms with E-state index in [0.29, 0.717) is 11.6 Å². The van der Waals surface area contributed by atoms with Crippen LogP contribution in [0.1, 0.15) is 15.9 Å². The maximum atomic E-state index is 13.4. The molecule has 0 amide bonds. The molecule has 20 heavy (non-hydrogen) atoms. The number of hydrogen-bond donors (Lipinski definition) is 1. The molecule has 2 aromatic carbocycles. The molecule has 0 bridgehead atoms. The molecule has 0 aliphatic carbocycles. The Kier molecular flexibility index (Phi) is 3.93. The van der Waals surface area contributed by atoms with Gasteiger partial charge in [-0.15, -0.1) is 0 Å². The van der Waals surface area contributed by atoms with Crippen molar-refractivity contribution < 1.29 is 27.8 Å². The number of carboxylic acids is 1. The van der Waals surface area contributed by atoms with Gasteiger partial charge in [0.2, 0.25) is 0 Å². The van der Waals surface area contributed by atoms with Gasteiger partial charge in [-0.05, 0) is 17.7 Å². The molecule has 0 atom stereocenters. The number of hydrogen-bond acceptors (Lipinski definition) is 2. The van der Waals surface area contributed by atoms with Crippen LogP contribution in [-0.2, 0) is 6.61 Å². The number of ether oxygens (including phenoxy) is 1. The van der Waals surface area contributed by atoms with Gasteiger partial charge >= 0.3 is 5.97 Å². The van der Waals surface area contributed by atoms with Gasteiger partial charge in [-0.3, -0.25) is 0 Å². The zero-order valence-corrected chi connectivity index (χ0v) is 10.1. The molecule has 0 saturated carbocycles. The molecule has 0 saturated heterocycles. The lowest BCUT2D eigenvalue weighted by molar-refractivity contribution is 0.0692. The first-order valence-electron chi connectivity index (χ1n) is 5.56. The first-order valence-corrected chi connectivity index (χ1v) is 5.56. The zero-order valence-electron chi connectivity index (χ0n) is 10.1. The van der Waals surface area contributed by atoms with Crippen LogP contribution >= 0.6 is 0 Å². The van der Waals surface area contributed by atoms with Crippen LogP contribution in [0, 0.1) is 17.5 Å². The normalized spacial score (nSPS) is 10.3. The molecule has 0 fully saturated rings. The number of aromatic carboxylic acids is 1. The average Bonchev–Trinajstić information content (AvgIpc) is 2.35. The summed E-state index contributed by atoms with van der Waals surface area (Å²) in [4.78, 5) is 10.6. The number of rotatable bonds is 4. The molecule has 0 heterocycles. The fourth-order valence-corrected chi connectivity index (χ4v) is 1.60. The number of carbonyl (C=O) groups is 1. The second kappa shape index (κ2) is 5.64. The van der Waals surface area contributed by atoms with Crippen LogP contribution in [0.4, 0.5) is 13.2 Å². The highest BCUT2D eigenvalue weighted by atomic mass is 19.1. The van der Waals surface area contributed by atoms with Gasteiger partial charge in [-0.2, -0.15) is 0 Å². The minimum Gasteiger partial charge on any atom is -0.489 e. The van der Waals surface area contributed by atoms with Crippen LogP contribution < -0.4 is 4.74 Å². The van der Waals surface area contributed by atoms with E-state index in [9.17, 15) is 18.0 Å². The van der Waals surface area contributed by atoms with Crippen molar-refractivity contribution in [1.29, 1.82) is 0 Å². The molecule has 0 aliphatic rings. The Morgan fingerprint density at radius 3 is 2.25 bits per heavy atom. The maximum Gasteiger partial charge on any atom is 0.338 e. The van der Waals surface area contributed by atoms with Gasteiger partial charge < -0.3 is 9.84 Å². The molecule has 3 nitrogen and oxygen atoms in total. The van der Waals surface area contributed by atoms with Crippen molar-refractivity contribution in [3.63, 3.8) is 0 Å². The molecule has 2 aromatic rings. The second-order valence-electron chi connectivity index (χ2n) is 4.01. The van der Waals surface area contributed by atoms with E-state index in [1.807, 2.05) is 0 Å². The highest BCUT2D eigenvalue weighted by Crippen LogP contribution is 2.18. The molecule has 0 unspecified atom stereocenters. The van der Waals surface area contributed by atoms with Crippen molar-refractivity contribution in [1.82, 2.24) is 0 Å². The monoisotopic (exact) mass is 282 g/mol. The van der Waals surface area contributed by atoms with Crippen LogP contribution in [0.25, 0.3) is 0 Å². The minimum atomic E-state index is -1.37. The Morgan fingerprint density at radius 2 is 1.70 bits per heavy atom. The molecule has 1 N–H and O–H groups in total. The first-order chi connectivity index (χ1) is 9.45. The van der Waals surface area contributed by atoms with E-state index in [-0.39, 0.29) is 12.4 Å². The van der Waals surface area contributed by atoms with Crippen molar-refractivity contribution in [2.75, 3.05) is 0 Å². The van der Waals surface area contributed by atoms with Gasteiger partial charge in [0.05, 0.1) is 5.56 Å². The standard InChI is InChI=1S/C14H9F3O3/c15-9-4-10(16)6-11(5-9)20-7-8-1-2-12(14(18)19)13(17)3-8/h1-6H,7H2,(H,18,19). The second-order valence-corrected chi connectivity index (χ2v) is 4.01. The summed E-state index contributed by atoms with van der Waals surface area (Å²) in [6.07, 6.45) is 0. The van der Waals surface area contributed by atoms with Crippen LogP contribution in [0.2, 0.25) is 0 Å². The maximum absolute atomic E-state index is 13.4. The van der Waals surface area contributed by atoms with E-state index >= 15 is 0 Å². The van der Waals surface area contributed by atoms with Crippen LogP contribution in [0.5, 0.6) is 5.75 Å². The number of carboxylic acid groups (broad SMARTS) is 1. The van der Waals surface area contributed by atoms with Gasteiger partial charge in [0.1, 0.15) is 29.8 Å². The summed E-state index contributed by atoms with van der Waals surface area (Å²) in [6.45, 7) is -0.139. The summed E-state index contributed by atoms with van der Waals surface area (Å²) in [5.74, 6) is -3.88. The van der Waals surface area contributed by atoms with E-state index in [2.05, 4.69) is 0 Å². The van der Waals surface area contributed by atoms with Crippen molar-refractivity contribution in [3.05, 3.63) is 65.0 Å². The molecule has 0 aliphatic heterocycles. The van der Waals surface area contributed by atoms with Crippen molar-refractivity contribution in [2.45, 2.75) is 6.61 Å². The topological polar surface area (TPSA) is 46.5 Å². The van der Waals surface area contributed by atoms with Gasteiger partial charge in [-0.25, -0.2) is 18.0 Å². The van der Waals surface area contributed by atoms with Gasteiger partial charge in [-0.1, -0.05) is 6.07 Å². The molecular formula is C14H9F3O3. The van der Waals surface area contributed by atoms with E-state index in [4.69, 9.17) is 9.84 Å². The lowest BCUT2D eigenvalue weighted by Crippen LogP contribution is -2.03. The third-order valence-corrected chi connectivity index (χ3v) is 2.51. The SMILES string of the molecule is O=C(O)c1ccc(COc2cc(F)cc(F)c2)cc1F. The predicted molar refractivity (Wildman–Crippen MR) is 64.0 cm³/mol. The Bertz CT molecular complexity index is 636. The fourth-order valence-electron chi connectivity index (χ4n) is 1.60. The largest absolute Gasteiger partial charge is 0.489 e. The van der Waals surface area contributed by atoms with Gasteiger partial charge in [0.15, 0.2) is 0 Å². The summed E-state index contributed by atoms with van der Waals surface area (Å²) in [6, 6.07) is 6.15. The average molecular weight is 282 g/mol. The van der Waals surface area contributed by atoms with Crippen LogP contribution in [-0.4, -0.2) is 11.1 Å². The third-order valence-electron chi connectivity index (χ3n) is 2.51. The summed E-state index contributed by atoms with van der Waals surface area (Å²) in [5.41, 5.74) is -0.109. The fraction of sp³-hybridized carbons (Fsp3) is 0.0714. The lowest BCUT2D eigenvalue weighted by Gasteiger charge is -2.07. The van der Waals surface area contributed by atoms with Crippen molar-refractivity contribution >= 4 is 5.97 Å². The molecule has 0 aromatic heterocycles. The molecule has 2 rings (SSSR count). The van der Waals surface area contributed by atoms with Crippen molar-refractivity contribution in [3.8, 4) is 5.75 Å². The lowest BCUT2D eigenvalue weighted by atomic mass is 10.1. The molecule has 0 radical (unpaired) electrons. The van der Waals surface area contributed by atoms with Gasteiger partial charge in [0.25, 0.3) is 0 Å². The molecule has 104 valence electrons. The smallest absolute Gasteiger partial charge is 0.338 e. The number of benzene rings is 2. The Balaban J connectivity index is 2.11. The van der Waals surface area contributed by atoms with Crippen LogP contribution in [0.3, 0.4) is 0 Å². The van der Waals surface area contributed by atoms with Crippen LogP contribution in [0.15, 0.2) is 36.4 Å². The van der Waals surface area contributed by atoms with E-state index in [0.717, 1.165) is 24.3 Å². The first kappa shape index (κ1) is 13.9. The minimum absolute atomic E-state index is 0.0368. The molecule has 6 heteroatoms. The highest BCUT2D eigenvalue weighted by molar-refractivity contribution is 5.87. The summed E-state index contributed by atoms with van der Waals surface area (Å²) >= 11 is 0. The predicted octanol–water partition coefficient (Wildman–Crippen LogP) is 3.38. The van der Waals surface area contributed by atoms with E-state index < -0.39 is 29.0 Å². The Hall–Kier alpha value is -2.50. The molecular weight excluding hydrogens is 273 g/mol. The van der Waals surface area contributed by atoms with E-state index in [1.165, 1.54) is 6.07 Å². The quantitative estimate of drug-likeness (QED) is 0.935. The van der Waals surface area contributed by atoms with Crippen molar-refractivity contribution in [2.24, 2.45) is 0 Å². The number of halogens is 3. The summed E-state index contributed by atoms with van der Waals surface area (Å²) in [7, 11) is 0. The third kappa shape index (κ3) is 3.28. The zero-order chi connectivity index (χ0) is 14.7. The van der Waals surface area contributed by atoms with Gasteiger partial charge in [0, 0.05) is 18.2 Å². The Morgan fingerprint density at radius 1 is 1.05 bits per heavy atom. The summed E-state index contributed by atoms with van der Waals surface area (Å²) < 4.78 is 44.3. The molecule has 0 spiro atoms. The summed E-state index contributed by atoms with van der Waals surface area (Å²) in [5, 5.41) is 8.67. The Labute approximate surface area is 112 Å².